The maximum atomic E-state index is 11.3. The van der Waals surface area contributed by atoms with Gasteiger partial charge in [-0.1, -0.05) is 0 Å². The number of anilines is 1. The molecule has 3 N–H and O–H groups in total. The summed E-state index contributed by atoms with van der Waals surface area (Å²) >= 11 is 0. The van der Waals surface area contributed by atoms with Crippen LogP contribution in [0.15, 0.2) is 10.7 Å². The van der Waals surface area contributed by atoms with E-state index in [-0.39, 0.29) is 24.9 Å². The Morgan fingerprint density at radius 2 is 2.16 bits per heavy atom. The van der Waals surface area contributed by atoms with Crippen LogP contribution >= 0.6 is 0 Å². The maximum absolute atomic E-state index is 11.3. The van der Waals surface area contributed by atoms with Crippen LogP contribution in [-0.2, 0) is 14.3 Å². The predicted octanol–water partition coefficient (Wildman–Crippen LogP) is -0.536. The molecule has 0 saturated heterocycles. The Hall–Kier alpha value is -2.58. The summed E-state index contributed by atoms with van der Waals surface area (Å²) in [7, 11) is 0. The Balaban J connectivity index is 2.39. The molecular weight excluding hydrogens is 258 g/mol. The minimum Gasteiger partial charge on any atom is -0.480 e. The van der Waals surface area contributed by atoms with E-state index >= 15 is 0 Å². The summed E-state index contributed by atoms with van der Waals surface area (Å²) in [5.74, 6) is -2.32. The molecule has 0 aliphatic rings. The van der Waals surface area contributed by atoms with Gasteiger partial charge >= 0.3 is 11.9 Å². The third-order valence-electron chi connectivity index (χ3n) is 1.83. The molecule has 1 rings (SSSR count). The third kappa shape index (κ3) is 5.06. The number of carboxylic acids is 1. The molecule has 0 fully saturated rings. The Morgan fingerprint density at radius 1 is 1.42 bits per heavy atom. The SMILES string of the molecule is CCOC(=O)c1coc(NCC(=O)NCC(=O)O)n1. The lowest BCUT2D eigenvalue weighted by atomic mass is 10.5. The van der Waals surface area contributed by atoms with Gasteiger partial charge < -0.3 is 24.9 Å². The quantitative estimate of drug-likeness (QED) is 0.564. The molecule has 0 aliphatic heterocycles. The van der Waals surface area contributed by atoms with Crippen molar-refractivity contribution in [3.05, 3.63) is 12.0 Å². The van der Waals surface area contributed by atoms with Gasteiger partial charge in [0.1, 0.15) is 12.8 Å². The molecule has 0 unspecified atom stereocenters. The summed E-state index contributed by atoms with van der Waals surface area (Å²) in [4.78, 5) is 36.4. The molecule has 104 valence electrons. The first-order valence-corrected chi connectivity index (χ1v) is 5.38. The summed E-state index contributed by atoms with van der Waals surface area (Å²) in [5, 5.41) is 13.0. The molecule has 0 spiro atoms. The van der Waals surface area contributed by atoms with Crippen LogP contribution in [0.3, 0.4) is 0 Å². The highest BCUT2D eigenvalue weighted by Crippen LogP contribution is 2.07. The van der Waals surface area contributed by atoms with Crippen molar-refractivity contribution in [2.75, 3.05) is 25.0 Å². The van der Waals surface area contributed by atoms with Crippen LogP contribution in [0.25, 0.3) is 0 Å². The van der Waals surface area contributed by atoms with Gasteiger partial charge in [0.05, 0.1) is 13.2 Å². The number of carbonyl (C=O) groups is 3. The van der Waals surface area contributed by atoms with Crippen LogP contribution in [0.1, 0.15) is 17.4 Å². The van der Waals surface area contributed by atoms with Crippen molar-refractivity contribution in [3.8, 4) is 0 Å². The summed E-state index contributed by atoms with van der Waals surface area (Å²) in [6.07, 6.45) is 1.09. The molecule has 0 bridgehead atoms. The normalized spacial score (nSPS) is 9.74. The number of aromatic nitrogens is 1. The van der Waals surface area contributed by atoms with Crippen LogP contribution in [-0.4, -0.2) is 47.6 Å². The smallest absolute Gasteiger partial charge is 0.360 e. The minimum absolute atomic E-state index is 0.0182. The summed E-state index contributed by atoms with van der Waals surface area (Å²) < 4.78 is 9.59. The zero-order valence-corrected chi connectivity index (χ0v) is 10.1. The minimum atomic E-state index is -1.14. The fourth-order valence-electron chi connectivity index (χ4n) is 1.05. The van der Waals surface area contributed by atoms with Gasteiger partial charge in [0, 0.05) is 0 Å². The van der Waals surface area contributed by atoms with Crippen molar-refractivity contribution >= 4 is 23.9 Å². The second-order valence-electron chi connectivity index (χ2n) is 3.28. The van der Waals surface area contributed by atoms with Gasteiger partial charge in [-0.3, -0.25) is 9.59 Å². The highest BCUT2D eigenvalue weighted by atomic mass is 16.5. The van der Waals surface area contributed by atoms with E-state index in [9.17, 15) is 14.4 Å². The van der Waals surface area contributed by atoms with Gasteiger partial charge in [-0.25, -0.2) is 4.79 Å². The lowest BCUT2D eigenvalue weighted by Crippen LogP contribution is -2.33. The number of oxazole rings is 1. The molecular formula is C10H13N3O6. The molecule has 0 aliphatic carbocycles. The monoisotopic (exact) mass is 271 g/mol. The average molecular weight is 271 g/mol. The van der Waals surface area contributed by atoms with E-state index in [4.69, 9.17) is 14.3 Å². The second kappa shape index (κ2) is 6.99. The highest BCUT2D eigenvalue weighted by molar-refractivity contribution is 5.87. The highest BCUT2D eigenvalue weighted by Gasteiger charge is 2.13. The van der Waals surface area contributed by atoms with Gasteiger partial charge in [-0.05, 0) is 6.92 Å². The number of nitrogens with one attached hydrogen (secondary N) is 2. The standard InChI is InChI=1S/C10H13N3O6/c1-2-18-9(17)6-5-19-10(13-6)12-3-7(14)11-4-8(15)16/h5H,2-4H2,1H3,(H,11,14)(H,12,13)(H,15,16). The van der Waals surface area contributed by atoms with E-state index in [1.165, 1.54) is 0 Å². The number of nitrogens with zero attached hydrogens (tertiary/aromatic N) is 1. The van der Waals surface area contributed by atoms with Crippen LogP contribution in [0, 0.1) is 0 Å². The number of carbonyl (C=O) groups excluding carboxylic acids is 2. The van der Waals surface area contributed by atoms with Crippen LogP contribution in [0.2, 0.25) is 0 Å². The topological polar surface area (TPSA) is 131 Å². The molecule has 9 nitrogen and oxygen atoms in total. The predicted molar refractivity (Wildman–Crippen MR) is 61.6 cm³/mol. The molecule has 0 saturated carbocycles. The van der Waals surface area contributed by atoms with E-state index in [2.05, 4.69) is 15.6 Å². The molecule has 1 amide bonds. The largest absolute Gasteiger partial charge is 0.480 e. The Labute approximate surface area is 107 Å². The molecule has 1 aromatic heterocycles. The number of esters is 1. The van der Waals surface area contributed by atoms with E-state index in [1.54, 1.807) is 6.92 Å². The molecule has 9 heteroatoms. The maximum Gasteiger partial charge on any atom is 0.360 e. The molecule has 19 heavy (non-hydrogen) atoms. The number of ether oxygens (including phenoxy) is 1. The molecule has 0 aromatic carbocycles. The number of carboxylic acid groups (broad SMARTS) is 1. The van der Waals surface area contributed by atoms with Gasteiger partial charge in [0.15, 0.2) is 5.69 Å². The Morgan fingerprint density at radius 3 is 2.79 bits per heavy atom. The Kier molecular flexibility index (Phi) is 5.33. The molecule has 1 aromatic rings. The van der Waals surface area contributed by atoms with Crippen LogP contribution in [0.4, 0.5) is 6.01 Å². The van der Waals surface area contributed by atoms with Gasteiger partial charge in [0.2, 0.25) is 5.91 Å². The first-order chi connectivity index (χ1) is 9.02. The number of aliphatic carboxylic acids is 1. The fraction of sp³-hybridized carbons (Fsp3) is 0.400. The van der Waals surface area contributed by atoms with Crippen molar-refractivity contribution in [1.29, 1.82) is 0 Å². The van der Waals surface area contributed by atoms with Gasteiger partial charge in [-0.2, -0.15) is 4.98 Å². The molecule has 1 heterocycles. The number of amides is 1. The van der Waals surface area contributed by atoms with Crippen molar-refractivity contribution in [2.45, 2.75) is 6.92 Å². The average Bonchev–Trinajstić information content (AvgIpc) is 2.83. The number of hydrogen-bond donors (Lipinski definition) is 3. The van der Waals surface area contributed by atoms with Crippen molar-refractivity contribution in [1.82, 2.24) is 10.3 Å². The van der Waals surface area contributed by atoms with Crippen molar-refractivity contribution in [3.63, 3.8) is 0 Å². The number of hydrogen-bond acceptors (Lipinski definition) is 7. The summed E-state index contributed by atoms with van der Waals surface area (Å²) in [6.45, 7) is 1.17. The van der Waals surface area contributed by atoms with E-state index in [0.29, 0.717) is 0 Å². The Bertz CT molecular complexity index is 470. The van der Waals surface area contributed by atoms with E-state index < -0.39 is 24.4 Å². The second-order valence-corrected chi connectivity index (χ2v) is 3.28. The van der Waals surface area contributed by atoms with Crippen LogP contribution < -0.4 is 10.6 Å². The lowest BCUT2D eigenvalue weighted by Gasteiger charge is -2.02. The summed E-state index contributed by atoms with van der Waals surface area (Å²) in [5.41, 5.74) is -0.0182. The van der Waals surface area contributed by atoms with Gasteiger partial charge in [-0.15, -0.1) is 0 Å². The van der Waals surface area contributed by atoms with E-state index in [1.807, 2.05) is 0 Å². The zero-order valence-electron chi connectivity index (χ0n) is 10.1. The first kappa shape index (κ1) is 14.5. The lowest BCUT2D eigenvalue weighted by molar-refractivity contribution is -0.137. The third-order valence-corrected chi connectivity index (χ3v) is 1.83. The molecule has 0 atom stereocenters. The number of rotatable bonds is 7. The zero-order chi connectivity index (χ0) is 14.3. The molecule has 0 radical (unpaired) electrons. The summed E-state index contributed by atoms with van der Waals surface area (Å²) in [6, 6.07) is -0.0338. The van der Waals surface area contributed by atoms with E-state index in [0.717, 1.165) is 6.26 Å². The van der Waals surface area contributed by atoms with Crippen molar-refractivity contribution in [2.24, 2.45) is 0 Å². The fourth-order valence-corrected chi connectivity index (χ4v) is 1.05. The van der Waals surface area contributed by atoms with Crippen molar-refractivity contribution < 1.29 is 28.6 Å². The van der Waals surface area contributed by atoms with Gasteiger partial charge in [0.25, 0.3) is 6.01 Å². The first-order valence-electron chi connectivity index (χ1n) is 5.38. The van der Waals surface area contributed by atoms with Crippen LogP contribution in [0.5, 0.6) is 0 Å².